The van der Waals surface area contributed by atoms with Crippen LogP contribution in [0.3, 0.4) is 0 Å². The second-order valence-corrected chi connectivity index (χ2v) is 4.72. The number of halogens is 1. The molecular weight excluding hydrogens is 288 g/mol. The van der Waals surface area contributed by atoms with Gasteiger partial charge in [0.05, 0.1) is 36.6 Å². The molecule has 0 heterocycles. The molecule has 2 aromatic rings. The summed E-state index contributed by atoms with van der Waals surface area (Å²) in [7, 11) is 3.20. The van der Waals surface area contributed by atoms with Gasteiger partial charge in [-0.25, -0.2) is 0 Å². The lowest BCUT2D eigenvalue weighted by atomic mass is 10.1. The van der Waals surface area contributed by atoms with Crippen LogP contribution in [0.4, 0.5) is 5.69 Å². The van der Waals surface area contributed by atoms with Gasteiger partial charge in [-0.15, -0.1) is 0 Å². The summed E-state index contributed by atoms with van der Waals surface area (Å²) in [6.07, 6.45) is 0. The van der Waals surface area contributed by atoms with Crippen molar-refractivity contribution in [3.8, 4) is 17.6 Å². The fourth-order valence-corrected chi connectivity index (χ4v) is 2.20. The molecule has 0 radical (unpaired) electrons. The molecule has 0 fully saturated rings. The van der Waals surface area contributed by atoms with Crippen molar-refractivity contribution in [2.24, 2.45) is 0 Å². The fraction of sp³-hybridized carbons (Fsp3) is 0.188. The first-order valence-corrected chi connectivity index (χ1v) is 6.70. The summed E-state index contributed by atoms with van der Waals surface area (Å²) in [6.45, 7) is 0.509. The number of nitrogens with one attached hydrogen (secondary N) is 1. The second-order valence-electron chi connectivity index (χ2n) is 4.31. The molecule has 0 saturated heterocycles. The van der Waals surface area contributed by atoms with E-state index in [0.717, 1.165) is 5.56 Å². The number of methoxy groups -OCH3 is 2. The average molecular weight is 303 g/mol. The van der Waals surface area contributed by atoms with E-state index in [1.807, 2.05) is 18.2 Å². The van der Waals surface area contributed by atoms with E-state index in [1.54, 1.807) is 32.4 Å². The number of nitriles is 1. The van der Waals surface area contributed by atoms with Gasteiger partial charge in [0.2, 0.25) is 0 Å². The Balaban J connectivity index is 2.23. The van der Waals surface area contributed by atoms with Crippen LogP contribution in [0, 0.1) is 11.3 Å². The first kappa shape index (κ1) is 15.0. The molecule has 0 spiro atoms. The third-order valence-electron chi connectivity index (χ3n) is 3.05. The number of anilines is 1. The number of benzene rings is 2. The Hall–Kier alpha value is -2.38. The molecule has 0 aliphatic rings. The molecule has 2 rings (SSSR count). The monoisotopic (exact) mass is 302 g/mol. The quantitative estimate of drug-likeness (QED) is 0.911. The van der Waals surface area contributed by atoms with Gasteiger partial charge in [0, 0.05) is 12.1 Å². The van der Waals surface area contributed by atoms with E-state index >= 15 is 0 Å². The van der Waals surface area contributed by atoms with Crippen molar-refractivity contribution in [2.75, 3.05) is 19.5 Å². The van der Waals surface area contributed by atoms with Gasteiger partial charge in [-0.2, -0.15) is 5.26 Å². The molecule has 108 valence electrons. The number of para-hydroxylation sites is 1. The molecule has 0 unspecified atom stereocenters. The van der Waals surface area contributed by atoms with Crippen LogP contribution < -0.4 is 14.8 Å². The Morgan fingerprint density at radius 1 is 1.19 bits per heavy atom. The Kier molecular flexibility index (Phi) is 4.91. The number of rotatable bonds is 5. The normalized spacial score (nSPS) is 9.81. The van der Waals surface area contributed by atoms with Gasteiger partial charge < -0.3 is 14.8 Å². The molecule has 0 aliphatic carbocycles. The molecule has 2 aromatic carbocycles. The first-order chi connectivity index (χ1) is 10.2. The number of ether oxygens (including phenoxy) is 2. The van der Waals surface area contributed by atoms with E-state index in [0.29, 0.717) is 34.3 Å². The second kappa shape index (κ2) is 6.87. The van der Waals surface area contributed by atoms with Crippen LogP contribution in [0.2, 0.25) is 5.02 Å². The highest BCUT2D eigenvalue weighted by atomic mass is 35.5. The van der Waals surface area contributed by atoms with Crippen molar-refractivity contribution >= 4 is 17.3 Å². The van der Waals surface area contributed by atoms with Crippen LogP contribution in [0.15, 0.2) is 36.4 Å². The molecule has 21 heavy (non-hydrogen) atoms. The predicted octanol–water partition coefficient (Wildman–Crippen LogP) is 3.84. The maximum Gasteiger partial charge on any atom is 0.165 e. The third kappa shape index (κ3) is 3.39. The summed E-state index contributed by atoms with van der Waals surface area (Å²) in [4.78, 5) is 0. The van der Waals surface area contributed by atoms with E-state index in [4.69, 9.17) is 26.3 Å². The fourth-order valence-electron chi connectivity index (χ4n) is 2.01. The van der Waals surface area contributed by atoms with Crippen LogP contribution in [0.5, 0.6) is 11.5 Å². The van der Waals surface area contributed by atoms with E-state index in [2.05, 4.69) is 11.4 Å². The van der Waals surface area contributed by atoms with Gasteiger partial charge in [0.25, 0.3) is 0 Å². The maximum atomic E-state index is 8.93. The van der Waals surface area contributed by atoms with E-state index < -0.39 is 0 Å². The smallest absolute Gasteiger partial charge is 0.165 e. The molecule has 5 heteroatoms. The zero-order valence-electron chi connectivity index (χ0n) is 11.8. The largest absolute Gasteiger partial charge is 0.493 e. The minimum absolute atomic E-state index is 0.509. The summed E-state index contributed by atoms with van der Waals surface area (Å²) in [5.74, 6) is 1.36. The third-order valence-corrected chi connectivity index (χ3v) is 3.38. The van der Waals surface area contributed by atoms with Crippen LogP contribution in [0.25, 0.3) is 0 Å². The van der Waals surface area contributed by atoms with Crippen molar-refractivity contribution in [1.82, 2.24) is 0 Å². The van der Waals surface area contributed by atoms with Crippen molar-refractivity contribution in [3.05, 3.63) is 52.5 Å². The highest BCUT2D eigenvalue weighted by Gasteiger charge is 2.10. The van der Waals surface area contributed by atoms with Gasteiger partial charge >= 0.3 is 0 Å². The highest BCUT2D eigenvalue weighted by molar-refractivity contribution is 6.33. The maximum absolute atomic E-state index is 8.93. The Bertz CT molecular complexity index is 680. The van der Waals surface area contributed by atoms with Gasteiger partial charge in [-0.1, -0.05) is 23.7 Å². The zero-order valence-corrected chi connectivity index (χ0v) is 12.6. The first-order valence-electron chi connectivity index (χ1n) is 6.33. The molecule has 1 N–H and O–H groups in total. The Morgan fingerprint density at radius 2 is 2.00 bits per heavy atom. The van der Waals surface area contributed by atoms with Crippen LogP contribution in [-0.2, 0) is 6.54 Å². The summed E-state index contributed by atoms with van der Waals surface area (Å²) < 4.78 is 10.6. The molecule has 4 nitrogen and oxygen atoms in total. The van der Waals surface area contributed by atoms with E-state index in [-0.39, 0.29) is 0 Å². The number of hydrogen-bond donors (Lipinski definition) is 1. The molecule has 0 aliphatic heterocycles. The molecule has 0 aromatic heterocycles. The topological polar surface area (TPSA) is 54.3 Å². The molecule has 0 atom stereocenters. The summed E-state index contributed by atoms with van der Waals surface area (Å²) in [6, 6.07) is 12.9. The lowest BCUT2D eigenvalue weighted by molar-refractivity contribution is 0.352. The number of nitrogens with zero attached hydrogens (tertiary/aromatic N) is 1. The zero-order chi connectivity index (χ0) is 15.2. The average Bonchev–Trinajstić information content (AvgIpc) is 2.53. The van der Waals surface area contributed by atoms with Crippen molar-refractivity contribution in [3.63, 3.8) is 0 Å². The molecule has 0 saturated carbocycles. The lowest BCUT2D eigenvalue weighted by Crippen LogP contribution is -2.03. The predicted molar refractivity (Wildman–Crippen MR) is 83.0 cm³/mol. The van der Waals surface area contributed by atoms with Gasteiger partial charge in [-0.3, -0.25) is 0 Å². The minimum Gasteiger partial charge on any atom is -0.493 e. The number of hydrogen-bond acceptors (Lipinski definition) is 4. The van der Waals surface area contributed by atoms with Crippen molar-refractivity contribution in [1.29, 1.82) is 5.26 Å². The van der Waals surface area contributed by atoms with Crippen LogP contribution in [-0.4, -0.2) is 14.2 Å². The molecule has 0 bridgehead atoms. The molecule has 0 amide bonds. The molecular formula is C16H15ClN2O2. The van der Waals surface area contributed by atoms with Crippen molar-refractivity contribution < 1.29 is 9.47 Å². The summed E-state index contributed by atoms with van der Waals surface area (Å²) in [5.41, 5.74) is 2.20. The Morgan fingerprint density at radius 3 is 2.67 bits per heavy atom. The summed E-state index contributed by atoms with van der Waals surface area (Å²) >= 11 is 6.12. The van der Waals surface area contributed by atoms with E-state index in [9.17, 15) is 0 Å². The van der Waals surface area contributed by atoms with Gasteiger partial charge in [0.15, 0.2) is 11.5 Å². The van der Waals surface area contributed by atoms with Gasteiger partial charge in [0.1, 0.15) is 0 Å². The van der Waals surface area contributed by atoms with Crippen LogP contribution >= 0.6 is 11.6 Å². The standard InChI is InChI=1S/C16H15ClN2O2/c1-20-15-5-3-4-12(16(15)21-2)10-19-14-8-11(9-18)6-7-13(14)17/h3-8,19H,10H2,1-2H3. The SMILES string of the molecule is COc1cccc(CNc2cc(C#N)ccc2Cl)c1OC. The van der Waals surface area contributed by atoms with Crippen LogP contribution in [0.1, 0.15) is 11.1 Å². The van der Waals surface area contributed by atoms with Gasteiger partial charge in [-0.05, 0) is 24.3 Å². The summed E-state index contributed by atoms with van der Waals surface area (Å²) in [5, 5.41) is 12.7. The lowest BCUT2D eigenvalue weighted by Gasteiger charge is -2.14. The van der Waals surface area contributed by atoms with E-state index in [1.165, 1.54) is 0 Å². The van der Waals surface area contributed by atoms with Crippen molar-refractivity contribution in [2.45, 2.75) is 6.54 Å². The Labute approximate surface area is 128 Å². The highest BCUT2D eigenvalue weighted by Crippen LogP contribution is 2.32. The minimum atomic E-state index is 0.509.